The Morgan fingerprint density at radius 2 is 2.16 bits per heavy atom. The fourth-order valence-corrected chi connectivity index (χ4v) is 2.93. The first-order valence-corrected chi connectivity index (χ1v) is 7.70. The van der Waals surface area contributed by atoms with Crippen molar-refractivity contribution in [2.75, 3.05) is 13.1 Å². The van der Waals surface area contributed by atoms with Crippen LogP contribution in [-0.4, -0.2) is 29.9 Å². The highest BCUT2D eigenvalue weighted by Gasteiger charge is 2.31. The van der Waals surface area contributed by atoms with Gasteiger partial charge in [-0.2, -0.15) is 0 Å². The second kappa shape index (κ2) is 6.53. The maximum absolute atomic E-state index is 12.1. The molecule has 1 amide bonds. The number of hydrogen-bond acceptors (Lipinski definition) is 2. The molecule has 2 rings (SSSR count). The van der Waals surface area contributed by atoms with Crippen LogP contribution in [0.1, 0.15) is 38.3 Å². The third-order valence-corrected chi connectivity index (χ3v) is 4.30. The van der Waals surface area contributed by atoms with Gasteiger partial charge in [-0.1, -0.05) is 34.1 Å². The van der Waals surface area contributed by atoms with Crippen molar-refractivity contribution < 1.29 is 4.79 Å². The van der Waals surface area contributed by atoms with Crippen molar-refractivity contribution in [1.29, 1.82) is 0 Å². The van der Waals surface area contributed by atoms with Crippen LogP contribution in [-0.2, 0) is 4.79 Å². The summed E-state index contributed by atoms with van der Waals surface area (Å²) < 4.78 is 1.08. The summed E-state index contributed by atoms with van der Waals surface area (Å²) in [6.45, 7) is 5.36. The van der Waals surface area contributed by atoms with Gasteiger partial charge in [0, 0.05) is 23.1 Å². The highest BCUT2D eigenvalue weighted by Crippen LogP contribution is 2.27. The van der Waals surface area contributed by atoms with E-state index >= 15 is 0 Å². The number of amides is 1. The van der Waals surface area contributed by atoms with E-state index in [2.05, 4.69) is 34.2 Å². The standard InChI is InChI=1S/C15H21BrN2O/c1-3-18(12-8-9-12)15(19)10-17-11(2)13-6-4-5-7-14(13)16/h4-7,11-12,17H,3,8-10H2,1-2H3/t11-/m1/s1. The molecule has 0 spiro atoms. The van der Waals surface area contributed by atoms with E-state index in [4.69, 9.17) is 0 Å². The maximum Gasteiger partial charge on any atom is 0.236 e. The summed E-state index contributed by atoms with van der Waals surface area (Å²) in [5, 5.41) is 3.32. The van der Waals surface area contributed by atoms with E-state index in [1.165, 1.54) is 18.4 Å². The van der Waals surface area contributed by atoms with Crippen LogP contribution in [0.25, 0.3) is 0 Å². The van der Waals surface area contributed by atoms with Crippen LogP contribution in [0.3, 0.4) is 0 Å². The Morgan fingerprint density at radius 3 is 2.74 bits per heavy atom. The topological polar surface area (TPSA) is 32.3 Å². The second-order valence-corrected chi connectivity index (χ2v) is 5.89. The molecule has 104 valence electrons. The van der Waals surface area contributed by atoms with Crippen molar-refractivity contribution in [2.45, 2.75) is 38.8 Å². The van der Waals surface area contributed by atoms with E-state index in [-0.39, 0.29) is 11.9 Å². The van der Waals surface area contributed by atoms with Gasteiger partial charge in [0.25, 0.3) is 0 Å². The van der Waals surface area contributed by atoms with Gasteiger partial charge < -0.3 is 10.2 Å². The molecule has 0 aliphatic heterocycles. The SMILES string of the molecule is CCN(C(=O)CN[C@H](C)c1ccccc1Br)C1CC1. The smallest absolute Gasteiger partial charge is 0.236 e. The molecule has 1 fully saturated rings. The molecule has 4 heteroatoms. The summed E-state index contributed by atoms with van der Waals surface area (Å²) in [7, 11) is 0. The minimum Gasteiger partial charge on any atom is -0.339 e. The molecule has 1 aromatic carbocycles. The van der Waals surface area contributed by atoms with Gasteiger partial charge in [0.2, 0.25) is 5.91 Å². The lowest BCUT2D eigenvalue weighted by Gasteiger charge is -2.22. The molecule has 0 heterocycles. The van der Waals surface area contributed by atoms with Gasteiger partial charge in [-0.3, -0.25) is 4.79 Å². The number of carbonyl (C=O) groups excluding carboxylic acids is 1. The van der Waals surface area contributed by atoms with Crippen molar-refractivity contribution in [3.05, 3.63) is 34.3 Å². The number of nitrogens with zero attached hydrogens (tertiary/aromatic N) is 1. The minimum absolute atomic E-state index is 0.164. The zero-order chi connectivity index (χ0) is 13.8. The van der Waals surface area contributed by atoms with Crippen LogP contribution >= 0.6 is 15.9 Å². The molecule has 0 saturated heterocycles. The normalized spacial score (nSPS) is 16.2. The molecule has 0 aromatic heterocycles. The number of nitrogens with one attached hydrogen (secondary N) is 1. The summed E-state index contributed by atoms with van der Waals surface area (Å²) in [5.74, 6) is 0.212. The molecule has 3 nitrogen and oxygen atoms in total. The molecule has 1 N–H and O–H groups in total. The highest BCUT2D eigenvalue weighted by atomic mass is 79.9. The monoisotopic (exact) mass is 324 g/mol. The van der Waals surface area contributed by atoms with Crippen molar-refractivity contribution in [3.8, 4) is 0 Å². The van der Waals surface area contributed by atoms with Crippen molar-refractivity contribution in [1.82, 2.24) is 10.2 Å². The number of halogens is 1. The summed E-state index contributed by atoms with van der Waals surface area (Å²) >= 11 is 3.54. The van der Waals surface area contributed by atoms with E-state index in [1.807, 2.05) is 30.0 Å². The molecular weight excluding hydrogens is 304 g/mol. The lowest BCUT2D eigenvalue weighted by atomic mass is 10.1. The zero-order valence-corrected chi connectivity index (χ0v) is 13.1. The Morgan fingerprint density at radius 1 is 1.47 bits per heavy atom. The fraction of sp³-hybridized carbons (Fsp3) is 0.533. The van der Waals surface area contributed by atoms with Crippen LogP contribution in [0.5, 0.6) is 0 Å². The number of benzene rings is 1. The molecule has 1 aliphatic carbocycles. The van der Waals surface area contributed by atoms with Crippen molar-refractivity contribution >= 4 is 21.8 Å². The third kappa shape index (κ3) is 3.80. The number of hydrogen-bond donors (Lipinski definition) is 1. The fourth-order valence-electron chi connectivity index (χ4n) is 2.30. The molecule has 1 saturated carbocycles. The molecule has 1 aliphatic rings. The van der Waals surface area contributed by atoms with Gasteiger partial charge in [-0.15, -0.1) is 0 Å². The predicted octanol–water partition coefficient (Wildman–Crippen LogP) is 3.11. The second-order valence-electron chi connectivity index (χ2n) is 5.04. The third-order valence-electron chi connectivity index (χ3n) is 3.58. The maximum atomic E-state index is 12.1. The van der Waals surface area contributed by atoms with Crippen LogP contribution in [0.15, 0.2) is 28.7 Å². The number of carbonyl (C=O) groups is 1. The van der Waals surface area contributed by atoms with Crippen LogP contribution in [0, 0.1) is 0 Å². The first-order valence-electron chi connectivity index (χ1n) is 6.90. The van der Waals surface area contributed by atoms with Gasteiger partial charge >= 0.3 is 0 Å². The Bertz CT molecular complexity index is 446. The van der Waals surface area contributed by atoms with E-state index < -0.39 is 0 Å². The lowest BCUT2D eigenvalue weighted by Crippen LogP contribution is -2.40. The van der Waals surface area contributed by atoms with Crippen LogP contribution in [0.2, 0.25) is 0 Å². The van der Waals surface area contributed by atoms with E-state index in [9.17, 15) is 4.79 Å². The average molecular weight is 325 g/mol. The number of rotatable bonds is 6. The molecule has 1 aromatic rings. The first-order chi connectivity index (χ1) is 9.13. The predicted molar refractivity (Wildman–Crippen MR) is 81.0 cm³/mol. The molecule has 0 radical (unpaired) electrons. The quantitative estimate of drug-likeness (QED) is 0.872. The first kappa shape index (κ1) is 14.5. The van der Waals surface area contributed by atoms with Gasteiger partial charge in [-0.25, -0.2) is 0 Å². The largest absolute Gasteiger partial charge is 0.339 e. The van der Waals surface area contributed by atoms with E-state index in [1.54, 1.807) is 0 Å². The van der Waals surface area contributed by atoms with Gasteiger partial charge in [0.1, 0.15) is 0 Å². The molecule has 0 unspecified atom stereocenters. The van der Waals surface area contributed by atoms with E-state index in [0.29, 0.717) is 12.6 Å². The van der Waals surface area contributed by atoms with E-state index in [0.717, 1.165) is 11.0 Å². The average Bonchev–Trinajstić information content (AvgIpc) is 3.22. The zero-order valence-electron chi connectivity index (χ0n) is 11.5. The summed E-state index contributed by atoms with van der Waals surface area (Å²) in [5.41, 5.74) is 1.18. The highest BCUT2D eigenvalue weighted by molar-refractivity contribution is 9.10. The summed E-state index contributed by atoms with van der Waals surface area (Å²) in [6, 6.07) is 8.78. The van der Waals surface area contributed by atoms with Crippen molar-refractivity contribution in [3.63, 3.8) is 0 Å². The summed E-state index contributed by atoms with van der Waals surface area (Å²) in [4.78, 5) is 14.1. The Labute approximate surface area is 123 Å². The molecule has 19 heavy (non-hydrogen) atoms. The van der Waals surface area contributed by atoms with Gasteiger partial charge in [-0.05, 0) is 38.3 Å². The minimum atomic E-state index is 0.164. The van der Waals surface area contributed by atoms with Crippen LogP contribution in [0.4, 0.5) is 0 Å². The molecule has 1 atom stereocenters. The summed E-state index contributed by atoms with van der Waals surface area (Å²) in [6.07, 6.45) is 2.33. The lowest BCUT2D eigenvalue weighted by molar-refractivity contribution is -0.130. The van der Waals surface area contributed by atoms with Crippen molar-refractivity contribution in [2.24, 2.45) is 0 Å². The Balaban J connectivity index is 1.88. The Hall–Kier alpha value is -0.870. The van der Waals surface area contributed by atoms with Gasteiger partial charge in [0.05, 0.1) is 6.54 Å². The number of likely N-dealkylation sites (N-methyl/N-ethyl adjacent to an activating group) is 1. The molecule has 0 bridgehead atoms. The van der Waals surface area contributed by atoms with Gasteiger partial charge in [0.15, 0.2) is 0 Å². The van der Waals surface area contributed by atoms with Crippen LogP contribution < -0.4 is 5.32 Å². The Kier molecular flexibility index (Phi) is 4.99. The molecular formula is C15H21BrN2O.